The van der Waals surface area contributed by atoms with Crippen molar-refractivity contribution < 1.29 is 9.59 Å². The Morgan fingerprint density at radius 1 is 1.48 bits per heavy atom. The van der Waals surface area contributed by atoms with Crippen LogP contribution in [0.15, 0.2) is 18.3 Å². The van der Waals surface area contributed by atoms with Crippen molar-refractivity contribution in [1.82, 2.24) is 15.2 Å². The van der Waals surface area contributed by atoms with Gasteiger partial charge < -0.3 is 16.0 Å². The fraction of sp³-hybridized carbons (Fsp3) is 0.400. The Hall–Kier alpha value is -2.39. The molecule has 2 amide bonds. The average Bonchev–Trinajstić information content (AvgIpc) is 3.28. The molecule has 1 aromatic rings. The van der Waals surface area contributed by atoms with Crippen LogP contribution in [0.3, 0.4) is 0 Å². The van der Waals surface area contributed by atoms with Crippen molar-refractivity contribution in [2.75, 3.05) is 20.1 Å². The van der Waals surface area contributed by atoms with Crippen LogP contribution < -0.4 is 11.1 Å². The van der Waals surface area contributed by atoms with Gasteiger partial charge in [-0.15, -0.1) is 0 Å². The van der Waals surface area contributed by atoms with Crippen molar-refractivity contribution in [3.05, 3.63) is 29.6 Å². The van der Waals surface area contributed by atoms with E-state index in [1.807, 2.05) is 0 Å². The molecule has 1 fully saturated rings. The van der Waals surface area contributed by atoms with Gasteiger partial charge in [-0.25, -0.2) is 4.98 Å². The summed E-state index contributed by atoms with van der Waals surface area (Å²) in [5.41, 5.74) is 6.27. The number of carbonyl (C=O) groups excluding carboxylic acids is 2. The summed E-state index contributed by atoms with van der Waals surface area (Å²) in [6.07, 6.45) is 3.57. The minimum atomic E-state index is -0.292. The van der Waals surface area contributed by atoms with Crippen LogP contribution in [0.1, 0.15) is 28.9 Å². The maximum Gasteiger partial charge on any atom is 0.272 e. The quantitative estimate of drug-likeness (QED) is 0.747. The maximum absolute atomic E-state index is 12.1. The Bertz CT molecular complexity index is 582. The van der Waals surface area contributed by atoms with Crippen LogP contribution in [0.5, 0.6) is 0 Å². The van der Waals surface area contributed by atoms with Crippen molar-refractivity contribution in [2.24, 2.45) is 5.73 Å². The second-order valence-electron chi connectivity index (χ2n) is 4.94. The number of carbonyl (C=O) groups is 2. The van der Waals surface area contributed by atoms with Gasteiger partial charge in [0.2, 0.25) is 5.91 Å². The predicted octanol–water partition coefficient (Wildman–Crippen LogP) is -0.258. The minimum Gasteiger partial charge on any atom is -0.352 e. The monoisotopic (exact) mass is 286 g/mol. The number of pyridine rings is 1. The Kier molecular flexibility index (Phi) is 4.90. The number of nitrogens with zero attached hydrogens (tertiary/aromatic N) is 2. The first-order valence-corrected chi connectivity index (χ1v) is 6.80. The predicted molar refractivity (Wildman–Crippen MR) is 78.3 cm³/mol. The molecule has 1 aliphatic carbocycles. The van der Waals surface area contributed by atoms with Gasteiger partial charge in [-0.2, -0.15) is 0 Å². The molecular weight excluding hydrogens is 268 g/mol. The van der Waals surface area contributed by atoms with Gasteiger partial charge in [-0.05, 0) is 25.0 Å². The SMILES string of the molecule is CN(CC(=O)NC1CC1)C(=O)c1ccc(C#CCN)cn1. The van der Waals surface area contributed by atoms with E-state index in [0.29, 0.717) is 11.6 Å². The van der Waals surface area contributed by atoms with E-state index in [1.165, 1.54) is 11.1 Å². The van der Waals surface area contributed by atoms with E-state index >= 15 is 0 Å². The first-order valence-electron chi connectivity index (χ1n) is 6.80. The summed E-state index contributed by atoms with van der Waals surface area (Å²) in [7, 11) is 1.58. The number of rotatable bonds is 4. The highest BCUT2D eigenvalue weighted by atomic mass is 16.2. The minimum absolute atomic E-state index is 0.0335. The third-order valence-electron chi connectivity index (χ3n) is 2.99. The number of nitrogens with two attached hydrogens (primary N) is 1. The standard InChI is InChI=1S/C15H18N4O2/c1-19(10-14(20)18-12-5-6-12)15(21)13-7-4-11(9-17-13)3-2-8-16/h4,7,9,12H,5-6,8,10,16H2,1H3,(H,18,20). The number of aromatic nitrogens is 1. The van der Waals surface area contributed by atoms with E-state index < -0.39 is 0 Å². The lowest BCUT2D eigenvalue weighted by molar-refractivity contribution is -0.121. The number of hydrogen-bond donors (Lipinski definition) is 2. The summed E-state index contributed by atoms with van der Waals surface area (Å²) in [4.78, 5) is 29.2. The molecule has 0 radical (unpaired) electrons. The molecule has 110 valence electrons. The van der Waals surface area contributed by atoms with E-state index in [4.69, 9.17) is 5.73 Å². The molecule has 2 rings (SSSR count). The Balaban J connectivity index is 1.93. The summed E-state index contributed by atoms with van der Waals surface area (Å²) in [6.45, 7) is 0.311. The summed E-state index contributed by atoms with van der Waals surface area (Å²) in [5.74, 6) is 5.12. The van der Waals surface area contributed by atoms with Gasteiger partial charge in [0, 0.05) is 24.8 Å². The van der Waals surface area contributed by atoms with Gasteiger partial charge in [0.1, 0.15) is 5.69 Å². The highest BCUT2D eigenvalue weighted by Gasteiger charge is 2.24. The van der Waals surface area contributed by atoms with Crippen molar-refractivity contribution >= 4 is 11.8 Å². The molecule has 6 nitrogen and oxygen atoms in total. The van der Waals surface area contributed by atoms with E-state index in [0.717, 1.165) is 12.8 Å². The molecule has 1 aliphatic rings. The summed E-state index contributed by atoms with van der Waals surface area (Å²) in [5, 5.41) is 2.84. The highest BCUT2D eigenvalue weighted by Crippen LogP contribution is 2.18. The molecule has 0 saturated heterocycles. The Morgan fingerprint density at radius 2 is 2.24 bits per heavy atom. The zero-order valence-corrected chi connectivity index (χ0v) is 11.9. The van der Waals surface area contributed by atoms with Crippen LogP contribution in [0.4, 0.5) is 0 Å². The van der Waals surface area contributed by atoms with Gasteiger partial charge in [0.25, 0.3) is 5.91 Å². The van der Waals surface area contributed by atoms with E-state index in [9.17, 15) is 9.59 Å². The largest absolute Gasteiger partial charge is 0.352 e. The molecule has 1 saturated carbocycles. The van der Waals surface area contributed by atoms with Gasteiger partial charge >= 0.3 is 0 Å². The third kappa shape index (κ3) is 4.58. The fourth-order valence-corrected chi connectivity index (χ4v) is 1.73. The first kappa shape index (κ1) is 15.0. The molecule has 0 unspecified atom stereocenters. The van der Waals surface area contributed by atoms with Crippen molar-refractivity contribution in [1.29, 1.82) is 0 Å². The maximum atomic E-state index is 12.1. The van der Waals surface area contributed by atoms with Gasteiger partial charge in [0.15, 0.2) is 0 Å². The molecule has 1 heterocycles. The molecular formula is C15H18N4O2. The molecule has 6 heteroatoms. The fourth-order valence-electron chi connectivity index (χ4n) is 1.73. The smallest absolute Gasteiger partial charge is 0.272 e. The van der Waals surface area contributed by atoms with Crippen molar-refractivity contribution in [3.8, 4) is 11.8 Å². The van der Waals surface area contributed by atoms with Crippen LogP contribution >= 0.6 is 0 Å². The molecule has 1 aromatic heterocycles. The topological polar surface area (TPSA) is 88.3 Å². The van der Waals surface area contributed by atoms with E-state index in [-0.39, 0.29) is 30.6 Å². The first-order chi connectivity index (χ1) is 10.1. The average molecular weight is 286 g/mol. The number of likely N-dealkylation sites (N-methyl/N-ethyl adjacent to an activating group) is 1. The second-order valence-corrected chi connectivity index (χ2v) is 4.94. The molecule has 0 aromatic carbocycles. The summed E-state index contributed by atoms with van der Waals surface area (Å²) >= 11 is 0. The van der Waals surface area contributed by atoms with Crippen molar-refractivity contribution in [2.45, 2.75) is 18.9 Å². The zero-order valence-electron chi connectivity index (χ0n) is 11.9. The van der Waals surface area contributed by atoms with E-state index in [1.54, 1.807) is 19.2 Å². The summed E-state index contributed by atoms with van der Waals surface area (Å²) < 4.78 is 0. The van der Waals surface area contributed by atoms with E-state index in [2.05, 4.69) is 22.1 Å². The molecule has 0 atom stereocenters. The Morgan fingerprint density at radius 3 is 2.81 bits per heavy atom. The molecule has 0 spiro atoms. The number of nitrogens with one attached hydrogen (secondary N) is 1. The highest BCUT2D eigenvalue weighted by molar-refractivity contribution is 5.94. The third-order valence-corrected chi connectivity index (χ3v) is 2.99. The van der Waals surface area contributed by atoms with Crippen LogP contribution in [0.2, 0.25) is 0 Å². The normalized spacial score (nSPS) is 13.0. The summed E-state index contributed by atoms with van der Waals surface area (Å²) in [6, 6.07) is 3.60. The van der Waals surface area contributed by atoms with Crippen LogP contribution in [0, 0.1) is 11.8 Å². The lowest BCUT2D eigenvalue weighted by Gasteiger charge is -2.16. The molecule has 21 heavy (non-hydrogen) atoms. The van der Waals surface area contributed by atoms with Crippen LogP contribution in [-0.2, 0) is 4.79 Å². The molecule has 0 aliphatic heterocycles. The van der Waals surface area contributed by atoms with Gasteiger partial charge in [-0.3, -0.25) is 9.59 Å². The van der Waals surface area contributed by atoms with Crippen molar-refractivity contribution in [3.63, 3.8) is 0 Å². The molecule has 0 bridgehead atoms. The lowest BCUT2D eigenvalue weighted by Crippen LogP contribution is -2.39. The molecule has 3 N–H and O–H groups in total. The number of hydrogen-bond acceptors (Lipinski definition) is 4. The van der Waals surface area contributed by atoms with Crippen LogP contribution in [0.25, 0.3) is 0 Å². The second kappa shape index (κ2) is 6.86. The zero-order chi connectivity index (χ0) is 15.2. The lowest BCUT2D eigenvalue weighted by atomic mass is 10.2. The van der Waals surface area contributed by atoms with Gasteiger partial charge in [0.05, 0.1) is 13.1 Å². The van der Waals surface area contributed by atoms with Crippen LogP contribution in [-0.4, -0.2) is 47.9 Å². The number of amides is 2. The Labute approximate surface area is 123 Å². The van der Waals surface area contributed by atoms with Gasteiger partial charge in [-0.1, -0.05) is 11.8 Å².